The fourth-order valence-corrected chi connectivity index (χ4v) is 4.11. The molecule has 0 N–H and O–H groups in total. The maximum atomic E-state index is 12.7. The Morgan fingerprint density at radius 2 is 1.80 bits per heavy atom. The number of carbonyl (C=O) groups is 2. The minimum Gasteiger partial charge on any atom is -0.299 e. The molecule has 2 amide bonds. The number of anilines is 1. The molecule has 4 nitrogen and oxygen atoms in total. The van der Waals surface area contributed by atoms with Gasteiger partial charge in [-0.3, -0.25) is 14.5 Å². The zero-order valence-corrected chi connectivity index (χ0v) is 11.4. The molecular formula is C16H18N2O2. The summed E-state index contributed by atoms with van der Waals surface area (Å²) in [5, 5.41) is 0. The summed E-state index contributed by atoms with van der Waals surface area (Å²) < 4.78 is 0. The van der Waals surface area contributed by atoms with Crippen LogP contribution in [0, 0.1) is 11.8 Å². The van der Waals surface area contributed by atoms with E-state index in [0.717, 1.165) is 25.2 Å². The number of nitrogens with zero attached hydrogens (tertiary/aromatic N) is 2. The van der Waals surface area contributed by atoms with Gasteiger partial charge in [-0.25, -0.2) is 4.90 Å². The van der Waals surface area contributed by atoms with Gasteiger partial charge in [-0.15, -0.1) is 0 Å². The monoisotopic (exact) mass is 270 g/mol. The van der Waals surface area contributed by atoms with Crippen molar-refractivity contribution in [2.24, 2.45) is 11.8 Å². The van der Waals surface area contributed by atoms with Crippen LogP contribution in [0.2, 0.25) is 0 Å². The van der Waals surface area contributed by atoms with Gasteiger partial charge in [0.2, 0.25) is 11.8 Å². The lowest BCUT2D eigenvalue weighted by Crippen LogP contribution is -2.43. The van der Waals surface area contributed by atoms with E-state index >= 15 is 0 Å². The van der Waals surface area contributed by atoms with Crippen molar-refractivity contribution in [1.29, 1.82) is 0 Å². The molecule has 20 heavy (non-hydrogen) atoms. The van der Waals surface area contributed by atoms with Crippen molar-refractivity contribution in [2.75, 3.05) is 18.0 Å². The molecule has 3 saturated heterocycles. The third-order valence-electron chi connectivity index (χ3n) is 5.00. The molecule has 104 valence electrons. The number of rotatable bonds is 1. The van der Waals surface area contributed by atoms with Gasteiger partial charge in [-0.05, 0) is 31.5 Å². The van der Waals surface area contributed by atoms with E-state index in [2.05, 4.69) is 4.90 Å². The molecule has 0 bridgehead atoms. The van der Waals surface area contributed by atoms with Crippen LogP contribution in [-0.2, 0) is 9.59 Å². The molecule has 0 aliphatic carbocycles. The fraction of sp³-hybridized carbons (Fsp3) is 0.500. The zero-order valence-electron chi connectivity index (χ0n) is 11.4. The smallest absolute Gasteiger partial charge is 0.239 e. The Morgan fingerprint density at radius 3 is 2.60 bits per heavy atom. The van der Waals surface area contributed by atoms with E-state index in [0.29, 0.717) is 6.04 Å². The normalized spacial score (nSPS) is 33.4. The molecule has 0 aromatic heterocycles. The van der Waals surface area contributed by atoms with Gasteiger partial charge in [0.25, 0.3) is 0 Å². The number of benzene rings is 1. The number of imide groups is 1. The lowest BCUT2D eigenvalue weighted by atomic mass is 9.89. The van der Waals surface area contributed by atoms with Crippen molar-refractivity contribution in [3.63, 3.8) is 0 Å². The maximum absolute atomic E-state index is 12.7. The lowest BCUT2D eigenvalue weighted by molar-refractivity contribution is -0.123. The summed E-state index contributed by atoms with van der Waals surface area (Å²) in [7, 11) is 0. The highest BCUT2D eigenvalue weighted by Gasteiger charge is 2.57. The molecular weight excluding hydrogens is 252 g/mol. The third kappa shape index (κ3) is 1.57. The number of piperidine rings is 1. The first kappa shape index (κ1) is 12.1. The quantitative estimate of drug-likeness (QED) is 0.729. The maximum Gasteiger partial charge on any atom is 0.239 e. The van der Waals surface area contributed by atoms with Crippen LogP contribution < -0.4 is 4.90 Å². The van der Waals surface area contributed by atoms with Crippen molar-refractivity contribution in [3.8, 4) is 0 Å². The van der Waals surface area contributed by atoms with Gasteiger partial charge in [-0.1, -0.05) is 24.6 Å². The molecule has 3 aliphatic rings. The predicted molar refractivity (Wildman–Crippen MR) is 75.1 cm³/mol. The SMILES string of the molecule is O=C1[C@@H]2CN3CCCCC3[C@@H]2C(=O)N1c1ccccc1. The molecule has 1 aromatic rings. The molecule has 0 radical (unpaired) electrons. The first-order valence-corrected chi connectivity index (χ1v) is 7.44. The van der Waals surface area contributed by atoms with Gasteiger partial charge in [0.05, 0.1) is 17.5 Å². The van der Waals surface area contributed by atoms with Crippen LogP contribution in [0.4, 0.5) is 5.69 Å². The average molecular weight is 270 g/mol. The van der Waals surface area contributed by atoms with Crippen molar-refractivity contribution >= 4 is 17.5 Å². The van der Waals surface area contributed by atoms with Crippen molar-refractivity contribution in [2.45, 2.75) is 25.3 Å². The van der Waals surface area contributed by atoms with Crippen LogP contribution in [0.3, 0.4) is 0 Å². The molecule has 3 atom stereocenters. The Kier molecular flexibility index (Phi) is 2.67. The van der Waals surface area contributed by atoms with Gasteiger partial charge in [0.15, 0.2) is 0 Å². The number of fused-ring (bicyclic) bond motifs is 3. The Morgan fingerprint density at radius 1 is 1.00 bits per heavy atom. The summed E-state index contributed by atoms with van der Waals surface area (Å²) in [6, 6.07) is 9.62. The van der Waals surface area contributed by atoms with Crippen LogP contribution in [0.1, 0.15) is 19.3 Å². The fourth-order valence-electron chi connectivity index (χ4n) is 4.11. The molecule has 0 spiro atoms. The molecule has 1 unspecified atom stereocenters. The molecule has 1 aromatic carbocycles. The second-order valence-electron chi connectivity index (χ2n) is 6.04. The Hall–Kier alpha value is -1.68. The van der Waals surface area contributed by atoms with Crippen LogP contribution >= 0.6 is 0 Å². The van der Waals surface area contributed by atoms with E-state index < -0.39 is 0 Å². The van der Waals surface area contributed by atoms with Crippen LogP contribution in [-0.4, -0.2) is 35.8 Å². The first-order chi connectivity index (χ1) is 9.77. The summed E-state index contributed by atoms with van der Waals surface area (Å²) in [6.45, 7) is 1.81. The number of hydrogen-bond donors (Lipinski definition) is 0. The summed E-state index contributed by atoms with van der Waals surface area (Å²) in [6.07, 6.45) is 3.43. The number of amides is 2. The van der Waals surface area contributed by atoms with Crippen molar-refractivity contribution in [3.05, 3.63) is 30.3 Å². The highest BCUT2D eigenvalue weighted by atomic mass is 16.2. The third-order valence-corrected chi connectivity index (χ3v) is 5.00. The second-order valence-corrected chi connectivity index (χ2v) is 6.04. The van der Waals surface area contributed by atoms with Crippen molar-refractivity contribution < 1.29 is 9.59 Å². The van der Waals surface area contributed by atoms with E-state index in [-0.39, 0.29) is 23.7 Å². The summed E-state index contributed by atoms with van der Waals surface area (Å²) in [5.41, 5.74) is 0.722. The average Bonchev–Trinajstić information content (AvgIpc) is 2.97. The largest absolute Gasteiger partial charge is 0.299 e. The van der Waals surface area contributed by atoms with E-state index in [1.165, 1.54) is 17.7 Å². The number of hydrogen-bond acceptors (Lipinski definition) is 3. The van der Waals surface area contributed by atoms with Gasteiger partial charge < -0.3 is 0 Å². The Balaban J connectivity index is 1.68. The van der Waals surface area contributed by atoms with Gasteiger partial charge in [0, 0.05) is 12.6 Å². The van der Waals surface area contributed by atoms with E-state index in [4.69, 9.17) is 0 Å². The molecule has 4 rings (SSSR count). The highest BCUT2D eigenvalue weighted by Crippen LogP contribution is 2.43. The summed E-state index contributed by atoms with van der Waals surface area (Å²) in [4.78, 5) is 29.1. The summed E-state index contributed by atoms with van der Waals surface area (Å²) >= 11 is 0. The minimum atomic E-state index is -0.120. The summed E-state index contributed by atoms with van der Waals surface area (Å²) in [5.74, 6) is -0.213. The Bertz CT molecular complexity index is 557. The minimum absolute atomic E-state index is 0.000556. The first-order valence-electron chi connectivity index (χ1n) is 7.44. The van der Waals surface area contributed by atoms with E-state index in [9.17, 15) is 9.59 Å². The Labute approximate surface area is 118 Å². The standard InChI is InChI=1S/C16H18N2O2/c19-15-12-10-17-9-5-4-8-13(17)14(12)16(20)18(15)11-6-2-1-3-7-11/h1-3,6-7,12-14H,4-5,8-10H2/t12-,13?,14-/m1/s1. The van der Waals surface area contributed by atoms with Crippen LogP contribution in [0.25, 0.3) is 0 Å². The van der Waals surface area contributed by atoms with Crippen LogP contribution in [0.5, 0.6) is 0 Å². The lowest BCUT2D eigenvalue weighted by Gasteiger charge is -2.32. The van der Waals surface area contributed by atoms with Gasteiger partial charge in [0.1, 0.15) is 0 Å². The van der Waals surface area contributed by atoms with E-state index in [1.54, 1.807) is 0 Å². The molecule has 4 heteroatoms. The van der Waals surface area contributed by atoms with E-state index in [1.807, 2.05) is 30.3 Å². The number of para-hydroxylation sites is 1. The second kappa shape index (κ2) is 4.42. The molecule has 0 saturated carbocycles. The molecule has 3 aliphatic heterocycles. The van der Waals surface area contributed by atoms with Gasteiger partial charge >= 0.3 is 0 Å². The van der Waals surface area contributed by atoms with Crippen LogP contribution in [0.15, 0.2) is 30.3 Å². The predicted octanol–water partition coefficient (Wildman–Crippen LogP) is 1.66. The number of carbonyl (C=O) groups excluding carboxylic acids is 2. The van der Waals surface area contributed by atoms with Crippen molar-refractivity contribution in [1.82, 2.24) is 4.90 Å². The highest BCUT2D eigenvalue weighted by molar-refractivity contribution is 6.22. The molecule has 3 fully saturated rings. The zero-order chi connectivity index (χ0) is 13.7. The topological polar surface area (TPSA) is 40.6 Å². The molecule has 3 heterocycles. The van der Waals surface area contributed by atoms with Gasteiger partial charge in [-0.2, -0.15) is 0 Å².